The summed E-state index contributed by atoms with van der Waals surface area (Å²) >= 11 is 0. The largest absolute Gasteiger partial charge is 0.345 e. The molecule has 0 unspecified atom stereocenters. The van der Waals surface area contributed by atoms with Crippen molar-refractivity contribution in [2.45, 2.75) is 4.90 Å². The number of carbonyl (C=O) groups is 1. The van der Waals surface area contributed by atoms with Crippen molar-refractivity contribution in [3.8, 4) is 0 Å². The molecule has 0 aliphatic rings. The van der Waals surface area contributed by atoms with Gasteiger partial charge in [0.1, 0.15) is 0 Å². The van der Waals surface area contributed by atoms with Crippen LogP contribution in [0.2, 0.25) is 0 Å². The van der Waals surface area contributed by atoms with E-state index in [1.165, 1.54) is 29.2 Å². The second kappa shape index (κ2) is 8.21. The smallest absolute Gasteiger partial charge is 0.253 e. The number of carbonyl (C=O) groups excluding carboxylic acids is 1. The normalized spacial score (nSPS) is 10.8. The molecule has 1 aromatic carbocycles. The van der Waals surface area contributed by atoms with Crippen LogP contribution in [0.25, 0.3) is 0 Å². The monoisotopic (exact) mass is 321 g/mol. The number of rotatable bonds is 6. The van der Waals surface area contributed by atoms with Crippen LogP contribution in [-0.2, 0) is 10.0 Å². The number of sulfonamides is 1. The molecule has 1 amide bonds. The highest BCUT2D eigenvalue weighted by Crippen LogP contribution is 2.11. The zero-order valence-corrected chi connectivity index (χ0v) is 13.3. The quantitative estimate of drug-likeness (QED) is 0.739. The number of benzene rings is 1. The third-order valence-corrected chi connectivity index (χ3v) is 3.96. The molecule has 0 atom stereocenters. The number of halogens is 1. The minimum atomic E-state index is -3.51. The average molecular weight is 322 g/mol. The van der Waals surface area contributed by atoms with E-state index in [-0.39, 0.29) is 23.2 Å². The third kappa shape index (κ3) is 5.09. The Hall–Kier alpha value is -1.15. The summed E-state index contributed by atoms with van der Waals surface area (Å²) in [5, 5.41) is 2.85. The first-order chi connectivity index (χ1) is 8.88. The molecule has 8 heteroatoms. The van der Waals surface area contributed by atoms with Crippen molar-refractivity contribution in [3.63, 3.8) is 0 Å². The predicted molar refractivity (Wildman–Crippen MR) is 80.8 cm³/mol. The van der Waals surface area contributed by atoms with E-state index < -0.39 is 10.0 Å². The molecule has 0 aliphatic heterocycles. The summed E-state index contributed by atoms with van der Waals surface area (Å²) in [6.07, 6.45) is 0. The van der Waals surface area contributed by atoms with E-state index in [2.05, 4.69) is 10.0 Å². The van der Waals surface area contributed by atoms with E-state index >= 15 is 0 Å². The molecule has 1 aromatic rings. The topological polar surface area (TPSA) is 78.5 Å². The number of hydrogen-bond donors (Lipinski definition) is 2. The molecule has 6 nitrogen and oxygen atoms in total. The Morgan fingerprint density at radius 3 is 2.15 bits per heavy atom. The fourth-order valence-corrected chi connectivity index (χ4v) is 2.46. The van der Waals surface area contributed by atoms with E-state index in [4.69, 9.17) is 0 Å². The maximum Gasteiger partial charge on any atom is 0.253 e. The molecular formula is C12H20ClN3O3S. The fraction of sp³-hybridized carbons (Fsp3) is 0.417. The Morgan fingerprint density at radius 1 is 1.15 bits per heavy atom. The summed E-state index contributed by atoms with van der Waals surface area (Å²) in [7, 11) is 1.53. The first kappa shape index (κ1) is 18.9. The van der Waals surface area contributed by atoms with Gasteiger partial charge in [-0.3, -0.25) is 4.79 Å². The highest BCUT2D eigenvalue weighted by atomic mass is 35.5. The standard InChI is InChI=1S/C12H19N3O3S.ClH/c1-13-8-9-14-19(17,18)11-6-4-10(5-7-11)12(16)15(2)3;/h4-7,13-14H,8-9H2,1-3H3;1H. The van der Waals surface area contributed by atoms with Crippen LogP contribution >= 0.6 is 12.4 Å². The van der Waals surface area contributed by atoms with E-state index in [0.717, 1.165) is 0 Å². The molecular weight excluding hydrogens is 302 g/mol. The Balaban J connectivity index is 0.00000361. The summed E-state index contributed by atoms with van der Waals surface area (Å²) in [6, 6.07) is 5.88. The van der Waals surface area contributed by atoms with Gasteiger partial charge < -0.3 is 10.2 Å². The van der Waals surface area contributed by atoms with E-state index in [1.54, 1.807) is 21.1 Å². The minimum absolute atomic E-state index is 0. The molecule has 0 saturated carbocycles. The highest BCUT2D eigenvalue weighted by molar-refractivity contribution is 7.89. The molecule has 0 saturated heterocycles. The van der Waals surface area contributed by atoms with Crippen LogP contribution in [0, 0.1) is 0 Å². The lowest BCUT2D eigenvalue weighted by Crippen LogP contribution is -2.30. The summed E-state index contributed by atoms with van der Waals surface area (Å²) < 4.78 is 26.2. The summed E-state index contributed by atoms with van der Waals surface area (Å²) in [5.74, 6) is -0.160. The van der Waals surface area contributed by atoms with Crippen LogP contribution in [0.3, 0.4) is 0 Å². The van der Waals surface area contributed by atoms with E-state index in [9.17, 15) is 13.2 Å². The molecule has 0 bridgehead atoms. The molecule has 0 aliphatic carbocycles. The predicted octanol–water partition coefficient (Wildman–Crippen LogP) is 0.308. The molecule has 0 spiro atoms. The molecule has 0 aromatic heterocycles. The number of hydrogen-bond acceptors (Lipinski definition) is 4. The SMILES string of the molecule is CNCCNS(=O)(=O)c1ccc(C(=O)N(C)C)cc1.Cl. The fourth-order valence-electron chi connectivity index (χ4n) is 1.43. The zero-order valence-electron chi connectivity index (χ0n) is 11.7. The van der Waals surface area contributed by atoms with Crippen molar-refractivity contribution < 1.29 is 13.2 Å². The van der Waals surface area contributed by atoms with Crippen LogP contribution < -0.4 is 10.0 Å². The molecule has 0 radical (unpaired) electrons. The van der Waals surface area contributed by atoms with Gasteiger partial charge in [0.15, 0.2) is 0 Å². The van der Waals surface area contributed by atoms with Crippen LogP contribution in [0.15, 0.2) is 29.2 Å². The molecule has 2 N–H and O–H groups in total. The van der Waals surface area contributed by atoms with Crippen molar-refractivity contribution in [1.29, 1.82) is 0 Å². The van der Waals surface area contributed by atoms with Gasteiger partial charge in [-0.15, -0.1) is 12.4 Å². The Bertz CT molecular complexity index is 529. The third-order valence-electron chi connectivity index (χ3n) is 2.48. The van der Waals surface area contributed by atoms with E-state index in [0.29, 0.717) is 18.7 Å². The lowest BCUT2D eigenvalue weighted by Gasteiger charge is -2.11. The first-order valence-electron chi connectivity index (χ1n) is 5.84. The Morgan fingerprint density at radius 2 is 1.70 bits per heavy atom. The minimum Gasteiger partial charge on any atom is -0.345 e. The van der Waals surface area contributed by atoms with Crippen molar-refractivity contribution in [3.05, 3.63) is 29.8 Å². The maximum absolute atomic E-state index is 11.9. The number of likely N-dealkylation sites (N-methyl/N-ethyl adjacent to an activating group) is 1. The van der Waals surface area contributed by atoms with Crippen molar-refractivity contribution in [2.24, 2.45) is 0 Å². The summed E-state index contributed by atoms with van der Waals surface area (Å²) in [5.41, 5.74) is 0.458. The van der Waals surface area contributed by atoms with Gasteiger partial charge in [-0.1, -0.05) is 0 Å². The molecule has 0 heterocycles. The van der Waals surface area contributed by atoms with Gasteiger partial charge in [0, 0.05) is 32.7 Å². The first-order valence-corrected chi connectivity index (χ1v) is 7.33. The molecule has 114 valence electrons. The van der Waals surface area contributed by atoms with Gasteiger partial charge in [-0.05, 0) is 31.3 Å². The van der Waals surface area contributed by atoms with Gasteiger partial charge in [-0.25, -0.2) is 13.1 Å². The number of nitrogens with one attached hydrogen (secondary N) is 2. The molecule has 20 heavy (non-hydrogen) atoms. The average Bonchev–Trinajstić information content (AvgIpc) is 2.38. The van der Waals surface area contributed by atoms with Crippen LogP contribution in [0.1, 0.15) is 10.4 Å². The van der Waals surface area contributed by atoms with Crippen molar-refractivity contribution in [1.82, 2.24) is 14.9 Å². The highest BCUT2D eigenvalue weighted by Gasteiger charge is 2.14. The second-order valence-electron chi connectivity index (χ2n) is 4.23. The molecule has 0 fully saturated rings. The number of nitrogens with zero attached hydrogens (tertiary/aromatic N) is 1. The lowest BCUT2D eigenvalue weighted by atomic mass is 10.2. The molecule has 1 rings (SSSR count). The Kier molecular flexibility index (Phi) is 7.74. The van der Waals surface area contributed by atoms with Gasteiger partial charge in [-0.2, -0.15) is 0 Å². The van der Waals surface area contributed by atoms with Gasteiger partial charge >= 0.3 is 0 Å². The van der Waals surface area contributed by atoms with Gasteiger partial charge in [0.25, 0.3) is 5.91 Å². The van der Waals surface area contributed by atoms with E-state index in [1.807, 2.05) is 0 Å². The summed E-state index contributed by atoms with van der Waals surface area (Å²) in [4.78, 5) is 13.3. The van der Waals surface area contributed by atoms with Gasteiger partial charge in [0.05, 0.1) is 4.90 Å². The number of amides is 1. The second-order valence-corrected chi connectivity index (χ2v) is 5.99. The van der Waals surface area contributed by atoms with Crippen molar-refractivity contribution >= 4 is 28.3 Å². The zero-order chi connectivity index (χ0) is 14.5. The van der Waals surface area contributed by atoms with Crippen LogP contribution in [-0.4, -0.2) is 53.5 Å². The van der Waals surface area contributed by atoms with Crippen LogP contribution in [0.4, 0.5) is 0 Å². The van der Waals surface area contributed by atoms with Crippen molar-refractivity contribution in [2.75, 3.05) is 34.2 Å². The summed E-state index contributed by atoms with van der Waals surface area (Å²) in [6.45, 7) is 0.869. The van der Waals surface area contributed by atoms with Gasteiger partial charge in [0.2, 0.25) is 10.0 Å². The Labute approximate surface area is 126 Å². The van der Waals surface area contributed by atoms with Crippen LogP contribution in [0.5, 0.6) is 0 Å². The lowest BCUT2D eigenvalue weighted by molar-refractivity contribution is 0.0827. The maximum atomic E-state index is 11.9.